The highest BCUT2D eigenvalue weighted by Gasteiger charge is 2.13. The van der Waals surface area contributed by atoms with Crippen molar-refractivity contribution in [3.63, 3.8) is 0 Å². The van der Waals surface area contributed by atoms with E-state index >= 15 is 0 Å². The summed E-state index contributed by atoms with van der Waals surface area (Å²) in [5.74, 6) is 1.86. The fourth-order valence-electron chi connectivity index (χ4n) is 2.57. The van der Waals surface area contributed by atoms with E-state index in [4.69, 9.17) is 27.9 Å². The molecule has 0 atom stereocenters. The lowest BCUT2D eigenvalue weighted by Crippen LogP contribution is -2.07. The molecule has 3 aromatic rings. The average Bonchev–Trinajstić information content (AvgIpc) is 3.31. The number of hydrogen-bond acceptors (Lipinski definition) is 7. The van der Waals surface area contributed by atoms with Gasteiger partial charge in [0, 0.05) is 18.0 Å². The largest absolute Gasteiger partial charge is 0.492 e. The predicted molar refractivity (Wildman–Crippen MR) is 111 cm³/mol. The minimum Gasteiger partial charge on any atom is -0.492 e. The zero-order valence-electron chi connectivity index (χ0n) is 15.5. The second-order valence-corrected chi connectivity index (χ2v) is 7.69. The molecule has 0 saturated carbocycles. The Morgan fingerprint density at radius 3 is 2.83 bits per heavy atom. The maximum atomic E-state index is 10.7. The van der Waals surface area contributed by atoms with E-state index in [2.05, 4.69) is 15.3 Å². The number of aryl methyl sites for hydroxylation is 1. The number of nitrogens with zero attached hydrogens (tertiary/aromatic N) is 6. The quantitative estimate of drug-likeness (QED) is 0.192. The SMILES string of the molecule is CCn1c(CCCOc2ccc(Cl)cc2Cl)nnc1SCn1cc([N+](=O)[O-])cn1. The van der Waals surface area contributed by atoms with Crippen LogP contribution in [0.25, 0.3) is 0 Å². The molecule has 3 rings (SSSR count). The highest BCUT2D eigenvalue weighted by atomic mass is 35.5. The Morgan fingerprint density at radius 1 is 1.31 bits per heavy atom. The Kier molecular flexibility index (Phi) is 7.34. The third-order valence-corrected chi connectivity index (χ3v) is 5.45. The molecule has 154 valence electrons. The first-order chi connectivity index (χ1) is 14.0. The van der Waals surface area contributed by atoms with E-state index in [1.807, 2.05) is 11.5 Å². The van der Waals surface area contributed by atoms with Gasteiger partial charge in [-0.25, -0.2) is 0 Å². The van der Waals surface area contributed by atoms with Crippen LogP contribution in [-0.4, -0.2) is 36.1 Å². The first-order valence-corrected chi connectivity index (χ1v) is 10.5. The molecule has 0 aliphatic rings. The van der Waals surface area contributed by atoms with Crippen LogP contribution in [0.3, 0.4) is 0 Å². The molecule has 0 unspecified atom stereocenters. The molecule has 12 heteroatoms. The number of halogens is 2. The minimum absolute atomic E-state index is 0.0379. The summed E-state index contributed by atoms with van der Waals surface area (Å²) < 4.78 is 9.21. The summed E-state index contributed by atoms with van der Waals surface area (Å²) >= 11 is 13.4. The van der Waals surface area contributed by atoms with Crippen LogP contribution in [0.5, 0.6) is 5.75 Å². The van der Waals surface area contributed by atoms with Crippen molar-refractivity contribution in [1.29, 1.82) is 0 Å². The van der Waals surface area contributed by atoms with Crippen LogP contribution in [0.15, 0.2) is 35.7 Å². The summed E-state index contributed by atoms with van der Waals surface area (Å²) in [6, 6.07) is 5.12. The molecule has 2 aromatic heterocycles. The number of hydrogen-bond donors (Lipinski definition) is 0. The summed E-state index contributed by atoms with van der Waals surface area (Å²) in [5, 5.41) is 25.0. The normalized spacial score (nSPS) is 11.0. The Balaban J connectivity index is 1.52. The second-order valence-electron chi connectivity index (χ2n) is 5.94. The summed E-state index contributed by atoms with van der Waals surface area (Å²) in [6.45, 7) is 3.21. The van der Waals surface area contributed by atoms with Gasteiger partial charge in [-0.1, -0.05) is 35.0 Å². The Labute approximate surface area is 181 Å². The lowest BCUT2D eigenvalue weighted by atomic mass is 10.3. The minimum atomic E-state index is -0.472. The molecule has 0 saturated heterocycles. The molecule has 29 heavy (non-hydrogen) atoms. The molecule has 1 aromatic carbocycles. The lowest BCUT2D eigenvalue weighted by Gasteiger charge is -2.09. The van der Waals surface area contributed by atoms with Crippen molar-refractivity contribution in [3.8, 4) is 5.75 Å². The Hall–Kier alpha value is -2.30. The van der Waals surface area contributed by atoms with E-state index < -0.39 is 4.92 Å². The Morgan fingerprint density at radius 2 is 2.14 bits per heavy atom. The van der Waals surface area contributed by atoms with E-state index in [0.29, 0.717) is 41.2 Å². The fourth-order valence-corrected chi connectivity index (χ4v) is 3.92. The van der Waals surface area contributed by atoms with Gasteiger partial charge in [-0.3, -0.25) is 14.8 Å². The molecule has 0 aliphatic heterocycles. The van der Waals surface area contributed by atoms with Crippen molar-refractivity contribution in [3.05, 3.63) is 56.6 Å². The highest BCUT2D eigenvalue weighted by Crippen LogP contribution is 2.27. The van der Waals surface area contributed by atoms with Gasteiger partial charge in [0.15, 0.2) is 5.16 Å². The highest BCUT2D eigenvalue weighted by molar-refractivity contribution is 7.98. The van der Waals surface area contributed by atoms with Gasteiger partial charge >= 0.3 is 5.69 Å². The van der Waals surface area contributed by atoms with Crippen molar-refractivity contribution >= 4 is 40.7 Å². The van der Waals surface area contributed by atoms with Gasteiger partial charge in [-0.15, -0.1) is 10.2 Å². The van der Waals surface area contributed by atoms with Crippen LogP contribution in [0.4, 0.5) is 5.69 Å². The van der Waals surface area contributed by atoms with E-state index in [1.54, 1.807) is 18.2 Å². The molecule has 0 spiro atoms. The molecule has 0 radical (unpaired) electrons. The van der Waals surface area contributed by atoms with Crippen LogP contribution < -0.4 is 4.74 Å². The Bertz CT molecular complexity index is 993. The van der Waals surface area contributed by atoms with Crippen molar-refractivity contribution in [1.82, 2.24) is 24.5 Å². The molecule has 0 bridgehead atoms. The molecule has 0 N–H and O–H groups in total. The van der Waals surface area contributed by atoms with Crippen molar-refractivity contribution in [2.24, 2.45) is 0 Å². The predicted octanol–water partition coefficient (Wildman–Crippen LogP) is 4.47. The zero-order chi connectivity index (χ0) is 20.8. The molecule has 9 nitrogen and oxygen atoms in total. The molecule has 0 fully saturated rings. The number of ether oxygens (including phenoxy) is 1. The topological polar surface area (TPSA) is 101 Å². The first-order valence-electron chi connectivity index (χ1n) is 8.77. The van der Waals surface area contributed by atoms with Gasteiger partial charge in [-0.2, -0.15) is 5.10 Å². The van der Waals surface area contributed by atoms with Crippen LogP contribution in [0.1, 0.15) is 19.2 Å². The molecular formula is C17H18Cl2N6O3S. The molecule has 0 aliphatic carbocycles. The van der Waals surface area contributed by atoms with Gasteiger partial charge in [-0.05, 0) is 31.5 Å². The summed E-state index contributed by atoms with van der Waals surface area (Å²) in [5.41, 5.74) is -0.0379. The van der Waals surface area contributed by atoms with Gasteiger partial charge in [0.1, 0.15) is 24.0 Å². The molecule has 0 amide bonds. The number of benzene rings is 1. The van der Waals surface area contributed by atoms with Crippen LogP contribution in [0, 0.1) is 10.1 Å². The van der Waals surface area contributed by atoms with E-state index in [0.717, 1.165) is 17.4 Å². The van der Waals surface area contributed by atoms with E-state index in [1.165, 1.54) is 28.8 Å². The van der Waals surface area contributed by atoms with Gasteiger partial charge in [0.25, 0.3) is 0 Å². The molecular weight excluding hydrogens is 439 g/mol. The van der Waals surface area contributed by atoms with E-state index in [9.17, 15) is 10.1 Å². The van der Waals surface area contributed by atoms with Gasteiger partial charge < -0.3 is 9.30 Å². The lowest BCUT2D eigenvalue weighted by molar-refractivity contribution is -0.385. The standard InChI is InChI=1S/C17H18Cl2N6O3S/c1-2-24-16(4-3-7-28-15-6-5-12(18)8-14(15)19)21-22-17(24)29-11-23-10-13(9-20-23)25(26)27/h5-6,8-10H,2-4,7,11H2,1H3. The number of nitro groups is 1. The number of rotatable bonds is 10. The molecule has 2 heterocycles. The second kappa shape index (κ2) is 9.95. The third-order valence-electron chi connectivity index (χ3n) is 3.96. The van der Waals surface area contributed by atoms with E-state index in [-0.39, 0.29) is 5.69 Å². The van der Waals surface area contributed by atoms with Crippen LogP contribution in [-0.2, 0) is 18.8 Å². The fraction of sp³-hybridized carbons (Fsp3) is 0.353. The monoisotopic (exact) mass is 456 g/mol. The number of aromatic nitrogens is 5. The first kappa shape index (κ1) is 21.4. The summed E-state index contributed by atoms with van der Waals surface area (Å²) in [6.07, 6.45) is 4.05. The van der Waals surface area contributed by atoms with Crippen molar-refractivity contribution in [2.75, 3.05) is 6.61 Å². The van der Waals surface area contributed by atoms with Gasteiger partial charge in [0.05, 0.1) is 22.4 Å². The van der Waals surface area contributed by atoms with Crippen molar-refractivity contribution < 1.29 is 9.66 Å². The maximum absolute atomic E-state index is 10.7. The summed E-state index contributed by atoms with van der Waals surface area (Å²) in [7, 11) is 0. The average molecular weight is 457 g/mol. The maximum Gasteiger partial charge on any atom is 0.307 e. The van der Waals surface area contributed by atoms with Crippen LogP contribution in [0.2, 0.25) is 10.0 Å². The van der Waals surface area contributed by atoms with Crippen LogP contribution >= 0.6 is 35.0 Å². The van der Waals surface area contributed by atoms with Gasteiger partial charge in [0.2, 0.25) is 0 Å². The third kappa shape index (κ3) is 5.62. The summed E-state index contributed by atoms with van der Waals surface area (Å²) in [4.78, 5) is 10.3. The zero-order valence-corrected chi connectivity index (χ0v) is 17.8. The smallest absolute Gasteiger partial charge is 0.307 e. The van der Waals surface area contributed by atoms with Crippen molar-refractivity contribution in [2.45, 2.75) is 37.3 Å². The number of thioether (sulfide) groups is 1.